The van der Waals surface area contributed by atoms with Gasteiger partial charge in [-0.3, -0.25) is 9.59 Å². The van der Waals surface area contributed by atoms with Gasteiger partial charge in [0, 0.05) is 24.7 Å². The van der Waals surface area contributed by atoms with Crippen LogP contribution in [-0.2, 0) is 9.59 Å². The molecule has 2 saturated heterocycles. The highest BCUT2D eigenvalue weighted by Gasteiger charge is 2.37. The van der Waals surface area contributed by atoms with E-state index < -0.39 is 0 Å². The number of H-pyrrole nitrogens is 2. The summed E-state index contributed by atoms with van der Waals surface area (Å²) in [6.45, 7) is 9.61. The molecular weight excluding hydrogens is 622 g/mol. The van der Waals surface area contributed by atoms with Gasteiger partial charge in [0.25, 0.3) is 0 Å². The minimum atomic E-state index is -0.310. The molecule has 3 aromatic carbocycles. The Kier molecular flexibility index (Phi) is 9.57. The topological polar surface area (TPSA) is 110 Å². The van der Waals surface area contributed by atoms with E-state index in [0.717, 1.165) is 89.8 Å². The maximum atomic E-state index is 13.8. The minimum absolute atomic E-state index is 0.0152. The van der Waals surface area contributed by atoms with Crippen molar-refractivity contribution in [3.8, 4) is 33.6 Å². The lowest BCUT2D eigenvalue weighted by atomic mass is 10.0. The second-order valence-electron chi connectivity index (χ2n) is 14.3. The Hall–Kier alpha value is -5.18. The van der Waals surface area contributed by atoms with Crippen LogP contribution in [0.15, 0.2) is 91.3 Å². The predicted octanol–water partition coefficient (Wildman–Crippen LogP) is 8.25. The van der Waals surface area contributed by atoms with Gasteiger partial charge in [0.05, 0.1) is 35.9 Å². The normalized spacial score (nSPS) is 18.3. The van der Waals surface area contributed by atoms with Crippen molar-refractivity contribution in [1.82, 2.24) is 29.7 Å². The van der Waals surface area contributed by atoms with Gasteiger partial charge in [0.2, 0.25) is 11.8 Å². The molecule has 0 bridgehead atoms. The van der Waals surface area contributed by atoms with Crippen LogP contribution < -0.4 is 5.32 Å². The zero-order valence-electron chi connectivity index (χ0n) is 29.4. The largest absolute Gasteiger partial charge is 0.373 e. The number of carbonyl (C=O) groups is 2. The van der Waals surface area contributed by atoms with Gasteiger partial charge >= 0.3 is 0 Å². The number of aromatic nitrogens is 4. The Balaban J connectivity index is 1.01. The number of imidazole rings is 2. The molecule has 0 aliphatic carbocycles. The van der Waals surface area contributed by atoms with Crippen LogP contribution in [0.1, 0.15) is 77.1 Å². The summed E-state index contributed by atoms with van der Waals surface area (Å²) in [5, 5.41) is 3.47. The Labute approximate surface area is 294 Å². The van der Waals surface area contributed by atoms with E-state index in [0.29, 0.717) is 0 Å². The first-order valence-electron chi connectivity index (χ1n) is 18.0. The summed E-state index contributed by atoms with van der Waals surface area (Å²) < 4.78 is 0. The molecule has 2 amide bonds. The Morgan fingerprint density at radius 1 is 0.660 bits per heavy atom. The number of para-hydroxylation sites is 1. The molecule has 50 heavy (non-hydrogen) atoms. The van der Waals surface area contributed by atoms with Crippen molar-refractivity contribution in [1.29, 1.82) is 0 Å². The SMILES string of the molecule is CC(C)C(=O)N1CCC[C@H]1c1ncc(-c2ccc(-c3ccc(-c4cnc([C@@H]5CCCN5C(=O)[C@@H](Nc5ccccc5)C(C)C)[nH]4)cc3)cc2)[nH]1. The first-order chi connectivity index (χ1) is 24.3. The molecule has 0 unspecified atom stereocenters. The summed E-state index contributed by atoms with van der Waals surface area (Å²) >= 11 is 0. The lowest BCUT2D eigenvalue weighted by Gasteiger charge is -2.31. The van der Waals surface area contributed by atoms with Crippen LogP contribution in [0, 0.1) is 11.8 Å². The monoisotopic (exact) mass is 669 g/mol. The van der Waals surface area contributed by atoms with Gasteiger partial charge in [-0.15, -0.1) is 0 Å². The fraction of sp³-hybridized carbons (Fsp3) is 0.366. The molecule has 2 aromatic heterocycles. The van der Waals surface area contributed by atoms with E-state index in [9.17, 15) is 9.59 Å². The van der Waals surface area contributed by atoms with Crippen LogP contribution in [0.25, 0.3) is 33.6 Å². The summed E-state index contributed by atoms with van der Waals surface area (Å²) in [6, 6.07) is 26.6. The van der Waals surface area contributed by atoms with Crippen LogP contribution in [-0.4, -0.2) is 60.7 Å². The third kappa shape index (κ3) is 6.82. The molecule has 2 aliphatic rings. The van der Waals surface area contributed by atoms with Gasteiger partial charge in [0.15, 0.2) is 0 Å². The lowest BCUT2D eigenvalue weighted by molar-refractivity contribution is -0.135. The number of carbonyl (C=O) groups excluding carboxylic acids is 2. The van der Waals surface area contributed by atoms with Crippen LogP contribution >= 0.6 is 0 Å². The van der Waals surface area contributed by atoms with Gasteiger partial charge in [0.1, 0.15) is 17.7 Å². The highest BCUT2D eigenvalue weighted by Crippen LogP contribution is 2.35. The van der Waals surface area contributed by atoms with Gasteiger partial charge in [-0.2, -0.15) is 0 Å². The Morgan fingerprint density at radius 2 is 1.12 bits per heavy atom. The summed E-state index contributed by atoms with van der Waals surface area (Å²) in [4.78, 5) is 47.0. The van der Waals surface area contributed by atoms with Crippen molar-refractivity contribution in [3.05, 3.63) is 103 Å². The summed E-state index contributed by atoms with van der Waals surface area (Å²) in [5.41, 5.74) is 7.20. The van der Waals surface area contributed by atoms with E-state index >= 15 is 0 Å². The van der Waals surface area contributed by atoms with E-state index in [1.807, 2.05) is 66.4 Å². The second kappa shape index (κ2) is 14.4. The second-order valence-corrected chi connectivity index (χ2v) is 14.3. The molecule has 2 fully saturated rings. The number of aromatic amines is 2. The van der Waals surface area contributed by atoms with E-state index in [2.05, 4.69) is 82.6 Å². The zero-order valence-corrected chi connectivity index (χ0v) is 29.4. The number of hydrogen-bond donors (Lipinski definition) is 3. The maximum absolute atomic E-state index is 13.8. The van der Waals surface area contributed by atoms with E-state index in [1.54, 1.807) is 0 Å². The molecule has 3 atom stereocenters. The highest BCUT2D eigenvalue weighted by atomic mass is 16.2. The zero-order chi connectivity index (χ0) is 34.8. The Bertz CT molecular complexity index is 1910. The quantitative estimate of drug-likeness (QED) is 0.139. The first-order valence-corrected chi connectivity index (χ1v) is 18.0. The summed E-state index contributed by atoms with van der Waals surface area (Å²) in [7, 11) is 0. The molecule has 9 heteroatoms. The fourth-order valence-corrected chi connectivity index (χ4v) is 7.36. The number of likely N-dealkylation sites (tertiary alicyclic amines) is 2. The van der Waals surface area contributed by atoms with Crippen molar-refractivity contribution >= 4 is 17.5 Å². The molecular formula is C41H47N7O2. The molecule has 258 valence electrons. The van der Waals surface area contributed by atoms with Crippen molar-refractivity contribution in [2.45, 2.75) is 71.5 Å². The van der Waals surface area contributed by atoms with Crippen molar-refractivity contribution in [2.75, 3.05) is 18.4 Å². The minimum Gasteiger partial charge on any atom is -0.373 e. The molecule has 5 aromatic rings. The average molecular weight is 670 g/mol. The summed E-state index contributed by atoms with van der Waals surface area (Å²) in [6.07, 6.45) is 7.53. The average Bonchev–Trinajstić information content (AvgIpc) is 3.97. The van der Waals surface area contributed by atoms with E-state index in [1.165, 1.54) is 0 Å². The lowest BCUT2D eigenvalue weighted by Crippen LogP contribution is -2.45. The van der Waals surface area contributed by atoms with Crippen molar-refractivity contribution in [2.24, 2.45) is 11.8 Å². The van der Waals surface area contributed by atoms with Crippen molar-refractivity contribution in [3.63, 3.8) is 0 Å². The standard InChI is InChI=1S/C41H47N7O2/c1-26(2)37(44-32-10-6-5-7-11-32)41(50)48-23-9-13-36(48)39-43-25-34(46-39)31-20-16-29(17-21-31)28-14-18-30(19-15-28)33-24-42-38(45-33)35-12-8-22-47(35)40(49)27(3)4/h5-7,10-11,14-21,24-27,35-37,44H,8-9,12-13,22-23H2,1-4H3,(H,42,45)(H,43,46)/t35-,36-,37-/m0/s1. The molecule has 3 N–H and O–H groups in total. The van der Waals surface area contributed by atoms with Crippen molar-refractivity contribution < 1.29 is 9.59 Å². The molecule has 7 rings (SSSR count). The molecule has 9 nitrogen and oxygen atoms in total. The van der Waals surface area contributed by atoms with Gasteiger partial charge in [-0.05, 0) is 66.0 Å². The molecule has 4 heterocycles. The number of nitrogens with zero attached hydrogens (tertiary/aromatic N) is 4. The first kappa shape index (κ1) is 33.3. The fourth-order valence-electron chi connectivity index (χ4n) is 7.36. The maximum Gasteiger partial charge on any atom is 0.245 e. The molecule has 0 spiro atoms. The van der Waals surface area contributed by atoms with Crippen LogP contribution in [0.4, 0.5) is 5.69 Å². The van der Waals surface area contributed by atoms with Crippen LogP contribution in [0.5, 0.6) is 0 Å². The predicted molar refractivity (Wildman–Crippen MR) is 198 cm³/mol. The number of rotatable bonds is 10. The van der Waals surface area contributed by atoms with Crippen LogP contribution in [0.2, 0.25) is 0 Å². The molecule has 0 saturated carbocycles. The van der Waals surface area contributed by atoms with Crippen LogP contribution in [0.3, 0.4) is 0 Å². The number of nitrogens with one attached hydrogen (secondary N) is 3. The molecule has 0 radical (unpaired) electrons. The number of hydrogen-bond acceptors (Lipinski definition) is 5. The number of benzene rings is 3. The molecule has 2 aliphatic heterocycles. The third-order valence-electron chi connectivity index (χ3n) is 10.1. The van der Waals surface area contributed by atoms with E-state index in [-0.39, 0.29) is 41.8 Å². The van der Waals surface area contributed by atoms with Gasteiger partial charge in [-0.25, -0.2) is 9.97 Å². The number of anilines is 1. The summed E-state index contributed by atoms with van der Waals surface area (Å²) in [5.74, 6) is 2.12. The van der Waals surface area contributed by atoms with E-state index in [4.69, 9.17) is 4.98 Å². The third-order valence-corrected chi connectivity index (χ3v) is 10.1. The smallest absolute Gasteiger partial charge is 0.245 e. The Morgan fingerprint density at radius 3 is 1.58 bits per heavy atom. The van der Waals surface area contributed by atoms with Gasteiger partial charge < -0.3 is 25.1 Å². The number of amides is 2. The van der Waals surface area contributed by atoms with Gasteiger partial charge in [-0.1, -0.05) is 94.4 Å². The highest BCUT2D eigenvalue weighted by molar-refractivity contribution is 5.85.